The van der Waals surface area contributed by atoms with Gasteiger partial charge in [0.25, 0.3) is 0 Å². The van der Waals surface area contributed by atoms with Gasteiger partial charge in [0.2, 0.25) is 0 Å². The quantitative estimate of drug-likeness (QED) is 0.234. The standard InChI is InChI=1S/C28H31N3OS.C2HF3O2/c1-20-13-16-26-30-27(28(31(26)19-20)29-18-21-9-5-3-6-10-21)22-14-15-25(24(17-22)32-2)33-23-11-7-4-8-12-23;3-2(4,5)1(6)7/h3,5-6,9-10,13-17,19,23,29H,4,7-8,11-12,18H2,1-2H3;(H,6,7). The second-order valence-electron chi connectivity index (χ2n) is 9.63. The van der Waals surface area contributed by atoms with Crippen LogP contribution in [0.3, 0.4) is 0 Å². The molecule has 40 heavy (non-hydrogen) atoms. The van der Waals surface area contributed by atoms with Crippen LogP contribution in [0.15, 0.2) is 71.8 Å². The number of methoxy groups -OCH3 is 1. The number of halogens is 3. The van der Waals surface area contributed by atoms with Gasteiger partial charge in [-0.25, -0.2) is 9.78 Å². The van der Waals surface area contributed by atoms with Gasteiger partial charge < -0.3 is 15.2 Å². The number of anilines is 1. The van der Waals surface area contributed by atoms with E-state index in [1.54, 1.807) is 7.11 Å². The Bertz CT molecular complexity index is 1430. The van der Waals surface area contributed by atoms with Crippen molar-refractivity contribution in [2.24, 2.45) is 0 Å². The maximum atomic E-state index is 10.6. The number of hydrogen-bond acceptors (Lipinski definition) is 5. The largest absolute Gasteiger partial charge is 0.496 e. The molecule has 0 unspecified atom stereocenters. The number of carboxylic acids is 1. The van der Waals surface area contributed by atoms with Crippen LogP contribution in [0.5, 0.6) is 5.75 Å². The summed E-state index contributed by atoms with van der Waals surface area (Å²) in [7, 11) is 1.77. The van der Waals surface area contributed by atoms with Gasteiger partial charge in [-0.2, -0.15) is 13.2 Å². The van der Waals surface area contributed by atoms with Crippen molar-refractivity contribution in [3.8, 4) is 17.0 Å². The van der Waals surface area contributed by atoms with Crippen LogP contribution in [-0.2, 0) is 11.3 Å². The highest BCUT2D eigenvalue weighted by molar-refractivity contribution is 8.00. The van der Waals surface area contributed by atoms with Gasteiger partial charge in [0, 0.05) is 28.5 Å². The Labute approximate surface area is 235 Å². The molecule has 0 radical (unpaired) electrons. The van der Waals surface area contributed by atoms with Gasteiger partial charge in [-0.05, 0) is 49.1 Å². The fraction of sp³-hybridized carbons (Fsp3) is 0.333. The molecular formula is C30H32F3N3O3S. The first-order valence-corrected chi connectivity index (χ1v) is 14.0. The molecule has 0 bridgehead atoms. The van der Waals surface area contributed by atoms with Gasteiger partial charge in [-0.15, -0.1) is 11.8 Å². The lowest BCUT2D eigenvalue weighted by Crippen LogP contribution is -2.21. The average molecular weight is 572 g/mol. The molecule has 1 fully saturated rings. The highest BCUT2D eigenvalue weighted by Gasteiger charge is 2.38. The predicted molar refractivity (Wildman–Crippen MR) is 152 cm³/mol. The topological polar surface area (TPSA) is 75.9 Å². The Hall–Kier alpha value is -3.66. The summed E-state index contributed by atoms with van der Waals surface area (Å²) >= 11 is 1.97. The number of carboxylic acid groups (broad SMARTS) is 1. The smallest absolute Gasteiger partial charge is 0.490 e. The maximum Gasteiger partial charge on any atom is 0.490 e. The number of aryl methyl sites for hydroxylation is 1. The van der Waals surface area contributed by atoms with E-state index < -0.39 is 12.1 Å². The molecule has 0 aliphatic heterocycles. The molecule has 0 atom stereocenters. The van der Waals surface area contributed by atoms with E-state index in [1.165, 1.54) is 48.1 Å². The summed E-state index contributed by atoms with van der Waals surface area (Å²) in [5.41, 5.74) is 5.39. The van der Waals surface area contributed by atoms with Crippen LogP contribution < -0.4 is 10.1 Å². The van der Waals surface area contributed by atoms with Crippen LogP contribution >= 0.6 is 11.8 Å². The normalized spacial score (nSPS) is 13.9. The van der Waals surface area contributed by atoms with Crippen molar-refractivity contribution in [3.63, 3.8) is 0 Å². The minimum atomic E-state index is -5.08. The number of aromatic nitrogens is 2. The van der Waals surface area contributed by atoms with Crippen LogP contribution in [0, 0.1) is 6.92 Å². The van der Waals surface area contributed by atoms with Crippen molar-refractivity contribution in [2.75, 3.05) is 12.4 Å². The van der Waals surface area contributed by atoms with E-state index in [9.17, 15) is 13.2 Å². The fourth-order valence-corrected chi connectivity index (χ4v) is 5.91. The highest BCUT2D eigenvalue weighted by atomic mass is 32.2. The first-order chi connectivity index (χ1) is 19.2. The van der Waals surface area contributed by atoms with Gasteiger partial charge in [0.05, 0.1) is 7.11 Å². The lowest BCUT2D eigenvalue weighted by molar-refractivity contribution is -0.192. The number of nitrogens with one attached hydrogen (secondary N) is 1. The number of pyridine rings is 1. The van der Waals surface area contributed by atoms with Gasteiger partial charge >= 0.3 is 12.1 Å². The SMILES string of the molecule is COc1cc(-c2nc3ccc(C)cn3c2NCc2ccccc2)ccc1SC1CCCCC1.O=C(O)C(F)(F)F. The van der Waals surface area contributed by atoms with Crippen LogP contribution in [0.4, 0.5) is 19.0 Å². The molecule has 5 rings (SSSR count). The molecule has 4 aromatic rings. The Balaban J connectivity index is 0.000000470. The summed E-state index contributed by atoms with van der Waals surface area (Å²) in [6.07, 6.45) is 3.72. The monoisotopic (exact) mass is 571 g/mol. The lowest BCUT2D eigenvalue weighted by atomic mass is 10.0. The Morgan fingerprint density at radius 3 is 2.45 bits per heavy atom. The molecular weight excluding hydrogens is 539 g/mol. The average Bonchev–Trinajstić information content (AvgIpc) is 3.30. The van der Waals surface area contributed by atoms with Crippen LogP contribution in [0.2, 0.25) is 0 Å². The molecule has 0 amide bonds. The van der Waals surface area contributed by atoms with E-state index in [2.05, 4.69) is 77.4 Å². The molecule has 6 nitrogen and oxygen atoms in total. The van der Waals surface area contributed by atoms with Gasteiger partial charge in [-0.1, -0.05) is 61.7 Å². The number of aliphatic carboxylic acids is 1. The van der Waals surface area contributed by atoms with E-state index in [-0.39, 0.29) is 0 Å². The molecule has 212 valence electrons. The van der Waals surface area contributed by atoms with E-state index in [0.717, 1.165) is 35.0 Å². The van der Waals surface area contributed by atoms with Crippen LogP contribution in [-0.4, -0.2) is 39.0 Å². The lowest BCUT2D eigenvalue weighted by Gasteiger charge is -2.22. The third kappa shape index (κ3) is 7.50. The first kappa shape index (κ1) is 29.3. The molecule has 1 saturated carbocycles. The van der Waals surface area contributed by atoms with Gasteiger partial charge in [0.1, 0.15) is 22.9 Å². The number of carbonyl (C=O) groups is 1. The van der Waals surface area contributed by atoms with Gasteiger partial charge in [0.15, 0.2) is 0 Å². The summed E-state index contributed by atoms with van der Waals surface area (Å²) in [5, 5.41) is 11.5. The number of nitrogens with zero attached hydrogens (tertiary/aromatic N) is 2. The minimum Gasteiger partial charge on any atom is -0.496 e. The third-order valence-corrected chi connectivity index (χ3v) is 7.99. The fourth-order valence-electron chi connectivity index (χ4n) is 4.58. The van der Waals surface area contributed by atoms with E-state index in [4.69, 9.17) is 19.6 Å². The molecule has 2 heterocycles. The second kappa shape index (κ2) is 13.1. The first-order valence-electron chi connectivity index (χ1n) is 13.1. The van der Waals surface area contributed by atoms with Crippen LogP contribution in [0.25, 0.3) is 16.9 Å². The third-order valence-electron chi connectivity index (χ3n) is 6.59. The van der Waals surface area contributed by atoms with Crippen molar-refractivity contribution in [1.29, 1.82) is 0 Å². The Morgan fingerprint density at radius 1 is 1.10 bits per heavy atom. The number of fused-ring (bicyclic) bond motifs is 1. The molecule has 0 saturated heterocycles. The number of alkyl halides is 3. The molecule has 1 aliphatic rings. The summed E-state index contributed by atoms with van der Waals surface area (Å²) in [5.74, 6) is -0.815. The molecule has 1 aliphatic carbocycles. The zero-order chi connectivity index (χ0) is 28.7. The van der Waals surface area contributed by atoms with Gasteiger partial charge in [-0.3, -0.25) is 4.40 Å². The van der Waals surface area contributed by atoms with Crippen molar-refractivity contribution in [2.45, 2.75) is 61.9 Å². The van der Waals surface area contributed by atoms with Crippen molar-refractivity contribution in [3.05, 3.63) is 78.0 Å². The predicted octanol–water partition coefficient (Wildman–Crippen LogP) is 7.99. The maximum absolute atomic E-state index is 10.6. The summed E-state index contributed by atoms with van der Waals surface area (Å²) in [6.45, 7) is 2.85. The molecule has 0 spiro atoms. The Kier molecular flexibility index (Phi) is 9.63. The molecule has 2 aromatic carbocycles. The summed E-state index contributed by atoms with van der Waals surface area (Å²) in [4.78, 5) is 15.1. The summed E-state index contributed by atoms with van der Waals surface area (Å²) < 4.78 is 39.7. The summed E-state index contributed by atoms with van der Waals surface area (Å²) in [6, 6.07) is 21.2. The van der Waals surface area contributed by atoms with E-state index in [1.807, 2.05) is 17.8 Å². The number of benzene rings is 2. The molecule has 10 heteroatoms. The van der Waals surface area contributed by atoms with Crippen LogP contribution in [0.1, 0.15) is 43.2 Å². The zero-order valence-corrected chi connectivity index (χ0v) is 23.2. The Morgan fingerprint density at radius 2 is 1.80 bits per heavy atom. The van der Waals surface area contributed by atoms with Crippen molar-refractivity contribution < 1.29 is 27.8 Å². The number of rotatable bonds is 7. The minimum absolute atomic E-state index is 0.694. The highest BCUT2D eigenvalue weighted by Crippen LogP contribution is 2.41. The second-order valence-corrected chi connectivity index (χ2v) is 11.0. The molecule has 2 N–H and O–H groups in total. The molecule has 2 aromatic heterocycles. The van der Waals surface area contributed by atoms with E-state index >= 15 is 0 Å². The van der Waals surface area contributed by atoms with Crippen molar-refractivity contribution in [1.82, 2.24) is 9.38 Å². The number of ether oxygens (including phenoxy) is 1. The van der Waals surface area contributed by atoms with Crippen molar-refractivity contribution >= 4 is 29.2 Å². The number of hydrogen-bond donors (Lipinski definition) is 2. The van der Waals surface area contributed by atoms with E-state index in [0.29, 0.717) is 5.25 Å². The number of imidazole rings is 1. The number of thioether (sulfide) groups is 1. The zero-order valence-electron chi connectivity index (χ0n) is 22.4.